The maximum atomic E-state index is 12.6. The molecule has 6 nitrogen and oxygen atoms in total. The van der Waals surface area contributed by atoms with E-state index in [1.807, 2.05) is 7.05 Å². The molecule has 0 aromatic carbocycles. The molecule has 0 aliphatic heterocycles. The van der Waals surface area contributed by atoms with Crippen molar-refractivity contribution in [3.63, 3.8) is 0 Å². The van der Waals surface area contributed by atoms with Gasteiger partial charge in [0, 0.05) is 39.0 Å². The number of aliphatic hydroxyl groups is 1. The largest absolute Gasteiger partial charge is 0.462 e. The van der Waals surface area contributed by atoms with Crippen molar-refractivity contribution < 1.29 is 24.2 Å². The van der Waals surface area contributed by atoms with Crippen LogP contribution in [0, 0.1) is 0 Å². The molecular formula is C44H79NO5. The van der Waals surface area contributed by atoms with Gasteiger partial charge in [0.25, 0.3) is 0 Å². The molecule has 0 saturated heterocycles. The van der Waals surface area contributed by atoms with Crippen LogP contribution in [-0.2, 0) is 19.1 Å². The molecule has 0 fully saturated rings. The van der Waals surface area contributed by atoms with Crippen LogP contribution in [0.2, 0.25) is 0 Å². The van der Waals surface area contributed by atoms with Gasteiger partial charge in [-0.05, 0) is 129 Å². The molecule has 6 heteroatoms. The zero-order chi connectivity index (χ0) is 36.6. The number of nitrogens with zero attached hydrogens (tertiary/aromatic N) is 1. The van der Waals surface area contributed by atoms with Crippen LogP contribution in [0.4, 0.5) is 0 Å². The summed E-state index contributed by atoms with van der Waals surface area (Å²) in [7, 11) is 1.99. The highest BCUT2D eigenvalue weighted by molar-refractivity contribution is 5.70. The molecule has 0 bridgehead atoms. The molecule has 0 aromatic heterocycles. The lowest BCUT2D eigenvalue weighted by Gasteiger charge is -2.22. The Bertz CT molecular complexity index is 864. The van der Waals surface area contributed by atoms with Gasteiger partial charge >= 0.3 is 11.9 Å². The molecule has 1 atom stereocenters. The molecular weight excluding hydrogens is 622 g/mol. The zero-order valence-electron chi connectivity index (χ0n) is 32.9. The van der Waals surface area contributed by atoms with E-state index in [1.165, 1.54) is 89.9 Å². The molecule has 1 N–H and O–H groups in total. The first-order valence-corrected chi connectivity index (χ1v) is 20.8. The van der Waals surface area contributed by atoms with Gasteiger partial charge in [0.15, 0.2) is 0 Å². The van der Waals surface area contributed by atoms with Crippen molar-refractivity contribution in [1.29, 1.82) is 0 Å². The summed E-state index contributed by atoms with van der Waals surface area (Å²) in [5.74, 6) is -0.446. The summed E-state index contributed by atoms with van der Waals surface area (Å²) in [5.41, 5.74) is 0. The zero-order valence-corrected chi connectivity index (χ0v) is 32.9. The summed E-state index contributed by atoms with van der Waals surface area (Å²) >= 11 is 0. The number of carbonyl (C=O) groups excluding carboxylic acids is 2. The fourth-order valence-electron chi connectivity index (χ4n) is 5.57. The van der Waals surface area contributed by atoms with E-state index < -0.39 is 6.10 Å². The van der Waals surface area contributed by atoms with Gasteiger partial charge in [0.1, 0.15) is 12.7 Å². The van der Waals surface area contributed by atoms with E-state index in [-0.39, 0.29) is 25.2 Å². The van der Waals surface area contributed by atoms with Gasteiger partial charge in [-0.3, -0.25) is 9.59 Å². The number of carbonyl (C=O) groups is 2. The predicted molar refractivity (Wildman–Crippen MR) is 213 cm³/mol. The van der Waals surface area contributed by atoms with Crippen LogP contribution < -0.4 is 0 Å². The highest BCUT2D eigenvalue weighted by Crippen LogP contribution is 2.11. The normalized spacial score (nSPS) is 12.7. The highest BCUT2D eigenvalue weighted by Gasteiger charge is 2.18. The maximum absolute atomic E-state index is 12.6. The lowest BCUT2D eigenvalue weighted by Crippen LogP contribution is -2.31. The lowest BCUT2D eigenvalue weighted by molar-refractivity contribution is -0.159. The molecule has 50 heavy (non-hydrogen) atoms. The number of allylic oxidation sites excluding steroid dienone is 8. The molecule has 0 spiro atoms. The van der Waals surface area contributed by atoms with Crippen LogP contribution in [0.3, 0.4) is 0 Å². The minimum absolute atomic E-state index is 0.101. The Morgan fingerprint density at radius 2 is 0.920 bits per heavy atom. The Labute approximate surface area is 309 Å². The number of rotatable bonds is 37. The summed E-state index contributed by atoms with van der Waals surface area (Å²) in [4.78, 5) is 27.2. The summed E-state index contributed by atoms with van der Waals surface area (Å²) in [5, 5.41) is 9.13. The van der Waals surface area contributed by atoms with Gasteiger partial charge in [-0.1, -0.05) is 88.1 Å². The minimum atomic E-state index is -0.450. The molecule has 0 rings (SSSR count). The van der Waals surface area contributed by atoms with E-state index in [4.69, 9.17) is 14.6 Å². The predicted octanol–water partition coefficient (Wildman–Crippen LogP) is 11.8. The molecule has 0 aliphatic carbocycles. The van der Waals surface area contributed by atoms with Crippen molar-refractivity contribution in [1.82, 2.24) is 4.90 Å². The SMILES string of the molecule is CCCCC/C=C\CCCC/C=C\CCCCC(=O)OC[C@H](CCN(C)CCCO)OC(=O)CCCC/C=C\CCCC/C=C\CCCCC. The van der Waals surface area contributed by atoms with Crippen molar-refractivity contribution in [2.45, 2.75) is 187 Å². The first kappa shape index (κ1) is 47.8. The molecule has 0 radical (unpaired) electrons. The number of hydrogen-bond acceptors (Lipinski definition) is 6. The summed E-state index contributed by atoms with van der Waals surface area (Å²) in [6.07, 6.45) is 45.3. The van der Waals surface area contributed by atoms with Crippen LogP contribution >= 0.6 is 0 Å². The molecule has 0 aromatic rings. The van der Waals surface area contributed by atoms with Gasteiger partial charge in [0.05, 0.1) is 0 Å². The summed E-state index contributed by atoms with van der Waals surface area (Å²) in [6, 6.07) is 0. The lowest BCUT2D eigenvalue weighted by atomic mass is 10.1. The fraction of sp³-hybridized carbons (Fsp3) is 0.773. The first-order valence-electron chi connectivity index (χ1n) is 20.8. The van der Waals surface area contributed by atoms with Crippen molar-refractivity contribution in [2.24, 2.45) is 0 Å². The quantitative estimate of drug-likeness (QED) is 0.0395. The molecule has 0 heterocycles. The second-order valence-electron chi connectivity index (χ2n) is 13.9. The van der Waals surface area contributed by atoms with Gasteiger partial charge < -0.3 is 19.5 Å². The second-order valence-corrected chi connectivity index (χ2v) is 13.9. The van der Waals surface area contributed by atoms with Crippen LogP contribution in [0.5, 0.6) is 0 Å². The number of ether oxygens (including phenoxy) is 2. The average Bonchev–Trinajstić information content (AvgIpc) is 3.11. The van der Waals surface area contributed by atoms with E-state index in [2.05, 4.69) is 67.4 Å². The van der Waals surface area contributed by atoms with Crippen molar-refractivity contribution in [2.75, 3.05) is 33.4 Å². The van der Waals surface area contributed by atoms with E-state index in [0.29, 0.717) is 32.2 Å². The molecule has 0 aliphatic rings. The van der Waals surface area contributed by atoms with Crippen LogP contribution in [-0.4, -0.2) is 61.4 Å². The van der Waals surface area contributed by atoms with Gasteiger partial charge in [-0.15, -0.1) is 0 Å². The van der Waals surface area contributed by atoms with Gasteiger partial charge in [-0.2, -0.15) is 0 Å². The monoisotopic (exact) mass is 702 g/mol. The Hall–Kier alpha value is -2.18. The minimum Gasteiger partial charge on any atom is -0.462 e. The standard InChI is InChI=1S/C44H79NO5/c1-4-6-8-10-12-14-16-18-20-22-24-26-28-30-32-35-43(47)49-41-42(37-39-45(3)38-34-40-46)50-44(48)36-33-31-29-27-25-23-21-19-17-15-13-11-9-7-5-2/h12-15,24-27,42,46H,4-11,16-23,28-41H2,1-3H3/b14-12-,15-13-,26-24-,27-25-/t42-/m0/s1. The van der Waals surface area contributed by atoms with Crippen LogP contribution in [0.15, 0.2) is 48.6 Å². The topological polar surface area (TPSA) is 76.1 Å². The highest BCUT2D eigenvalue weighted by atomic mass is 16.6. The van der Waals surface area contributed by atoms with Crippen LogP contribution in [0.25, 0.3) is 0 Å². The Balaban J connectivity index is 4.17. The third-order valence-electron chi connectivity index (χ3n) is 8.86. The number of esters is 2. The summed E-state index contributed by atoms with van der Waals surface area (Å²) < 4.78 is 11.3. The maximum Gasteiger partial charge on any atom is 0.306 e. The van der Waals surface area contributed by atoms with Crippen LogP contribution in [0.1, 0.15) is 181 Å². The van der Waals surface area contributed by atoms with Crippen molar-refractivity contribution in [3.05, 3.63) is 48.6 Å². The third kappa shape index (κ3) is 37.1. The number of unbranched alkanes of at least 4 members (excludes halogenated alkanes) is 16. The Morgan fingerprint density at radius 3 is 1.32 bits per heavy atom. The molecule has 0 unspecified atom stereocenters. The Morgan fingerprint density at radius 1 is 0.540 bits per heavy atom. The smallest absolute Gasteiger partial charge is 0.306 e. The molecule has 0 saturated carbocycles. The third-order valence-corrected chi connectivity index (χ3v) is 8.86. The van der Waals surface area contributed by atoms with Gasteiger partial charge in [-0.25, -0.2) is 0 Å². The van der Waals surface area contributed by atoms with Crippen molar-refractivity contribution >= 4 is 11.9 Å². The van der Waals surface area contributed by atoms with Crippen molar-refractivity contribution in [3.8, 4) is 0 Å². The number of aliphatic hydroxyl groups excluding tert-OH is 1. The van der Waals surface area contributed by atoms with Gasteiger partial charge in [0.2, 0.25) is 0 Å². The van der Waals surface area contributed by atoms with E-state index >= 15 is 0 Å². The fourth-order valence-corrected chi connectivity index (χ4v) is 5.57. The molecule has 0 amide bonds. The first-order chi connectivity index (χ1) is 24.5. The van der Waals surface area contributed by atoms with E-state index in [9.17, 15) is 9.59 Å². The number of hydrogen-bond donors (Lipinski definition) is 1. The summed E-state index contributed by atoms with van der Waals surface area (Å²) in [6.45, 7) is 6.22. The Kier molecular flexibility index (Phi) is 37.9. The average molecular weight is 702 g/mol. The van der Waals surface area contributed by atoms with E-state index in [1.54, 1.807) is 0 Å². The molecule has 290 valence electrons. The van der Waals surface area contributed by atoms with E-state index in [0.717, 1.165) is 57.9 Å². The second kappa shape index (κ2) is 39.6.